The monoisotopic (exact) mass is 827 g/mol. The van der Waals surface area contributed by atoms with E-state index in [1.807, 2.05) is 58.5 Å². The van der Waals surface area contributed by atoms with Crippen molar-refractivity contribution in [1.82, 2.24) is 28.5 Å². The van der Waals surface area contributed by atoms with Crippen LogP contribution < -0.4 is 11.4 Å². The van der Waals surface area contributed by atoms with Crippen molar-refractivity contribution in [2.45, 2.75) is 142 Å². The number of esters is 1. The van der Waals surface area contributed by atoms with Crippen molar-refractivity contribution in [2.75, 3.05) is 52.5 Å². The highest BCUT2D eigenvalue weighted by Gasteiger charge is 2.39. The van der Waals surface area contributed by atoms with E-state index in [1.54, 1.807) is 4.57 Å². The minimum atomic E-state index is -0.316. The van der Waals surface area contributed by atoms with E-state index >= 15 is 0 Å². The van der Waals surface area contributed by atoms with Crippen molar-refractivity contribution in [3.63, 3.8) is 0 Å². The van der Waals surface area contributed by atoms with Crippen molar-refractivity contribution < 1.29 is 14.6 Å². The predicted molar refractivity (Wildman–Crippen MR) is 242 cm³/mol. The van der Waals surface area contributed by atoms with Crippen LogP contribution in [0, 0.1) is 23.7 Å². The predicted octanol–water partition coefficient (Wildman–Crippen LogP) is 8.72. The molecule has 2 aliphatic carbocycles. The van der Waals surface area contributed by atoms with Gasteiger partial charge in [-0.2, -0.15) is 0 Å². The van der Waals surface area contributed by atoms with Gasteiger partial charge in [-0.05, 0) is 95.4 Å². The zero-order chi connectivity index (χ0) is 42.0. The number of piperidine rings is 2. The van der Waals surface area contributed by atoms with Crippen molar-refractivity contribution in [2.24, 2.45) is 23.7 Å². The molecular weight excluding hydrogens is 753 g/mol. The molecule has 4 atom stereocenters. The topological polar surface area (TPSA) is 118 Å². The lowest BCUT2D eigenvalue weighted by Crippen LogP contribution is -2.48. The fourth-order valence-electron chi connectivity index (χ4n) is 11.3. The third-order valence-electron chi connectivity index (χ3n) is 14.4. The Morgan fingerprint density at radius 2 is 1.23 bits per heavy atom. The third kappa shape index (κ3) is 10.5. The highest BCUT2D eigenvalue weighted by molar-refractivity contribution is 5.77. The van der Waals surface area contributed by atoms with Gasteiger partial charge in [0.25, 0.3) is 0 Å². The molecule has 11 nitrogen and oxygen atoms in total. The number of ether oxygens (including phenoxy) is 1. The lowest BCUT2D eigenvalue weighted by atomic mass is 9.88. The lowest BCUT2D eigenvalue weighted by molar-refractivity contribution is -0.152. The highest BCUT2D eigenvalue weighted by Crippen LogP contribution is 2.34. The van der Waals surface area contributed by atoms with Gasteiger partial charge in [-0.15, -0.1) is 0 Å². The van der Waals surface area contributed by atoms with E-state index < -0.39 is 0 Å². The van der Waals surface area contributed by atoms with Crippen LogP contribution >= 0.6 is 0 Å². The average Bonchev–Trinajstić information content (AvgIpc) is 3.72. The first kappa shape index (κ1) is 44.4. The maximum atomic E-state index is 13.4. The number of aromatic nitrogens is 4. The molecule has 330 valence electrons. The smallest absolute Gasteiger partial charge is 0.329 e. The SMILES string of the molecule is CC(C)n1c(=O)n(C2CCN(CC3CCCCCCC3)CC2CO)c2ccccc21.CCOC(=O)C1CN(CC2CCCCCCC2)CCC1n1c(=O)[nH]c2ccccc21. The number of benzene rings is 2. The molecule has 2 N–H and O–H groups in total. The van der Waals surface area contributed by atoms with E-state index in [9.17, 15) is 19.5 Å². The summed E-state index contributed by atoms with van der Waals surface area (Å²) < 4.78 is 11.1. The zero-order valence-corrected chi connectivity index (χ0v) is 36.9. The Morgan fingerprint density at radius 3 is 1.82 bits per heavy atom. The summed E-state index contributed by atoms with van der Waals surface area (Å²) in [5, 5.41) is 10.3. The van der Waals surface area contributed by atoms with E-state index in [-0.39, 0.29) is 53.9 Å². The van der Waals surface area contributed by atoms with Crippen molar-refractivity contribution in [1.29, 1.82) is 0 Å². The molecular formula is C49H74N6O5. The van der Waals surface area contributed by atoms with Gasteiger partial charge in [0.15, 0.2) is 0 Å². The molecule has 0 bridgehead atoms. The number of para-hydroxylation sites is 4. The van der Waals surface area contributed by atoms with Gasteiger partial charge >= 0.3 is 17.3 Å². The van der Waals surface area contributed by atoms with E-state index in [4.69, 9.17) is 4.74 Å². The van der Waals surface area contributed by atoms with Gasteiger partial charge in [0.05, 0.1) is 40.6 Å². The largest absolute Gasteiger partial charge is 0.466 e. The molecule has 4 aliphatic rings. The Morgan fingerprint density at radius 1 is 0.700 bits per heavy atom. The highest BCUT2D eigenvalue weighted by atomic mass is 16.5. The van der Waals surface area contributed by atoms with Crippen molar-refractivity contribution >= 4 is 28.0 Å². The maximum Gasteiger partial charge on any atom is 0.329 e. The van der Waals surface area contributed by atoms with Crippen LogP contribution in [-0.2, 0) is 9.53 Å². The molecule has 0 amide bonds. The van der Waals surface area contributed by atoms with Crippen molar-refractivity contribution in [3.05, 3.63) is 69.5 Å². The second-order valence-corrected chi connectivity index (χ2v) is 18.9. The average molecular weight is 827 g/mol. The number of carbonyl (C=O) groups excluding carboxylic acids is 1. The minimum absolute atomic E-state index is 0.0704. The molecule has 8 rings (SSSR count). The first-order chi connectivity index (χ1) is 29.3. The zero-order valence-electron chi connectivity index (χ0n) is 36.9. The van der Waals surface area contributed by atoms with Crippen LogP contribution in [0.3, 0.4) is 0 Å². The number of hydrogen-bond acceptors (Lipinski definition) is 7. The van der Waals surface area contributed by atoms with E-state index in [0.29, 0.717) is 13.2 Å². The molecule has 2 aliphatic heterocycles. The van der Waals surface area contributed by atoms with Crippen LogP contribution in [0.25, 0.3) is 22.1 Å². The summed E-state index contributed by atoms with van der Waals surface area (Å²) >= 11 is 0. The van der Waals surface area contributed by atoms with Gasteiger partial charge < -0.3 is 24.6 Å². The number of likely N-dealkylation sites (tertiary alicyclic amines) is 2. The Kier molecular flexibility index (Phi) is 15.8. The molecule has 4 fully saturated rings. The summed E-state index contributed by atoms with van der Waals surface area (Å²) in [6.45, 7) is 12.2. The van der Waals surface area contributed by atoms with Crippen LogP contribution in [0.4, 0.5) is 0 Å². The first-order valence-electron chi connectivity index (χ1n) is 23.9. The number of imidazole rings is 2. The molecule has 2 aromatic heterocycles. The Hall–Kier alpha value is -3.67. The van der Waals surface area contributed by atoms with Crippen LogP contribution in [0.15, 0.2) is 58.1 Å². The number of fused-ring (bicyclic) bond motifs is 2. The molecule has 0 spiro atoms. The summed E-state index contributed by atoms with van der Waals surface area (Å²) in [4.78, 5) is 47.0. The Balaban J connectivity index is 0.000000181. The Bertz CT molecular complexity index is 2060. The van der Waals surface area contributed by atoms with Gasteiger partial charge in [0.2, 0.25) is 0 Å². The third-order valence-corrected chi connectivity index (χ3v) is 14.4. The van der Waals surface area contributed by atoms with Gasteiger partial charge in [-0.3, -0.25) is 18.5 Å². The second-order valence-electron chi connectivity index (χ2n) is 18.9. The standard InChI is InChI=1S/C25H39N3O2.C24H35N3O3/c1-19(2)27-23-12-8-9-13-24(23)28(25(27)30)22-14-15-26(17-21(22)18-29)16-20-10-6-4-3-5-7-11-20;1-2-30-23(28)19-17-26(16-18-10-6-4-3-5-7-11-18)15-14-21(19)27-22-13-9-8-12-20(22)25-24(27)29/h8-9,12-13,19-22,29H,3-7,10-11,14-18H2,1-2H3;8-9,12-13,18-19,21H,2-7,10-11,14-17H2,1H3,(H,25,29). The summed E-state index contributed by atoms with van der Waals surface area (Å²) in [7, 11) is 0. The van der Waals surface area contributed by atoms with Gasteiger partial charge in [-0.25, -0.2) is 9.59 Å². The van der Waals surface area contributed by atoms with Gasteiger partial charge in [-0.1, -0.05) is 88.5 Å². The Labute approximate surface area is 357 Å². The fourth-order valence-corrected chi connectivity index (χ4v) is 11.3. The molecule has 4 heterocycles. The summed E-state index contributed by atoms with van der Waals surface area (Å²) in [5.74, 6) is 1.13. The number of nitrogens with zero attached hydrogens (tertiary/aromatic N) is 5. The van der Waals surface area contributed by atoms with Crippen LogP contribution in [0.5, 0.6) is 0 Å². The molecule has 11 heteroatoms. The van der Waals surface area contributed by atoms with Gasteiger partial charge in [0, 0.05) is 63.9 Å². The quantitative estimate of drug-likeness (QED) is 0.154. The maximum absolute atomic E-state index is 13.4. The molecule has 4 aromatic rings. The number of H-pyrrole nitrogens is 1. The number of rotatable bonds is 10. The molecule has 60 heavy (non-hydrogen) atoms. The van der Waals surface area contributed by atoms with Crippen LogP contribution in [0.2, 0.25) is 0 Å². The van der Waals surface area contributed by atoms with E-state index in [1.165, 1.54) is 89.9 Å². The normalized spacial score (nSPS) is 24.7. The second kappa shape index (κ2) is 21.4. The van der Waals surface area contributed by atoms with Gasteiger partial charge in [0.1, 0.15) is 0 Å². The number of nitrogens with one attached hydrogen (secondary N) is 1. The molecule has 2 aromatic carbocycles. The van der Waals surface area contributed by atoms with E-state index in [2.05, 4.69) is 34.7 Å². The molecule has 0 radical (unpaired) electrons. The lowest BCUT2D eigenvalue weighted by Gasteiger charge is -2.40. The summed E-state index contributed by atoms with van der Waals surface area (Å²) in [5.41, 5.74) is 3.64. The molecule has 2 saturated heterocycles. The molecule has 2 saturated carbocycles. The minimum Gasteiger partial charge on any atom is -0.466 e. The first-order valence-corrected chi connectivity index (χ1v) is 23.9. The number of aliphatic hydroxyl groups excluding tert-OH is 1. The fraction of sp³-hybridized carbons (Fsp3) is 0.694. The molecule has 4 unspecified atom stereocenters. The number of aliphatic hydroxyl groups is 1. The summed E-state index contributed by atoms with van der Waals surface area (Å²) in [6, 6.07) is 15.9. The number of hydrogen-bond donors (Lipinski definition) is 2. The van der Waals surface area contributed by atoms with Crippen LogP contribution in [-0.4, -0.2) is 92.0 Å². The van der Waals surface area contributed by atoms with Crippen LogP contribution in [0.1, 0.15) is 142 Å². The summed E-state index contributed by atoms with van der Waals surface area (Å²) in [6.07, 6.45) is 20.7. The number of aromatic amines is 1. The number of carbonyl (C=O) groups is 1. The van der Waals surface area contributed by atoms with Crippen molar-refractivity contribution in [3.8, 4) is 0 Å². The van der Waals surface area contributed by atoms with E-state index in [0.717, 1.165) is 79.5 Å².